The van der Waals surface area contributed by atoms with Gasteiger partial charge in [-0.05, 0) is 89.9 Å². The highest BCUT2D eigenvalue weighted by Gasteiger charge is 2.18. The average molecular weight is 1060 g/mol. The number of amides is 1. The molecule has 0 fully saturated rings. The van der Waals surface area contributed by atoms with Crippen molar-refractivity contribution in [3.63, 3.8) is 0 Å². The van der Waals surface area contributed by atoms with Gasteiger partial charge in [-0.25, -0.2) is 0 Å². The summed E-state index contributed by atoms with van der Waals surface area (Å²) in [6.07, 6.45) is 85.6. The monoisotopic (exact) mass is 1060 g/mol. The van der Waals surface area contributed by atoms with Gasteiger partial charge in [0.2, 0.25) is 5.91 Å². The van der Waals surface area contributed by atoms with Gasteiger partial charge in [0.15, 0.2) is 0 Å². The summed E-state index contributed by atoms with van der Waals surface area (Å²) in [4.78, 5) is 24.5. The zero-order chi connectivity index (χ0) is 55.0. The number of unbranched alkanes of at least 4 members (excludes halogenated alkanes) is 43. The van der Waals surface area contributed by atoms with Gasteiger partial charge < -0.3 is 20.3 Å². The van der Waals surface area contributed by atoms with Crippen molar-refractivity contribution in [1.29, 1.82) is 0 Å². The minimum absolute atomic E-state index is 0.00714. The molecule has 2 unspecified atom stereocenters. The maximum Gasteiger partial charge on any atom is 0.305 e. The molecule has 0 aliphatic rings. The summed E-state index contributed by atoms with van der Waals surface area (Å²) in [6.45, 7) is 4.85. The lowest BCUT2D eigenvalue weighted by molar-refractivity contribution is -0.143. The number of aliphatic hydroxyl groups excluding tert-OH is 2. The Morgan fingerprint density at radius 3 is 1.05 bits per heavy atom. The predicted octanol–water partition coefficient (Wildman–Crippen LogP) is 21.5. The van der Waals surface area contributed by atoms with E-state index >= 15 is 0 Å². The van der Waals surface area contributed by atoms with Gasteiger partial charge in [0.1, 0.15) is 0 Å². The first kappa shape index (κ1) is 73.6. The molecule has 6 nitrogen and oxygen atoms in total. The Morgan fingerprint density at radius 1 is 0.368 bits per heavy atom. The molecule has 3 N–H and O–H groups in total. The molecule has 0 saturated carbocycles. The number of aliphatic hydroxyl groups is 2. The number of carbonyl (C=O) groups excluding carboxylic acids is 2. The molecule has 0 aliphatic heterocycles. The molecule has 0 bridgehead atoms. The molecule has 0 aromatic carbocycles. The topological polar surface area (TPSA) is 95.9 Å². The first-order chi connectivity index (χ1) is 37.5. The molecule has 0 saturated heterocycles. The molecule has 0 aliphatic carbocycles. The second-order valence-corrected chi connectivity index (χ2v) is 22.8. The van der Waals surface area contributed by atoms with Crippen LogP contribution in [0.15, 0.2) is 60.8 Å². The van der Waals surface area contributed by atoms with E-state index in [1.165, 1.54) is 263 Å². The van der Waals surface area contributed by atoms with Gasteiger partial charge in [0.25, 0.3) is 0 Å². The van der Waals surface area contributed by atoms with Crippen LogP contribution in [-0.2, 0) is 14.3 Å². The van der Waals surface area contributed by atoms with Gasteiger partial charge in [-0.1, -0.05) is 306 Å². The van der Waals surface area contributed by atoms with Crippen molar-refractivity contribution < 1.29 is 24.5 Å². The van der Waals surface area contributed by atoms with Crippen LogP contribution in [0, 0.1) is 0 Å². The highest BCUT2D eigenvalue weighted by molar-refractivity contribution is 5.76. The summed E-state index contributed by atoms with van der Waals surface area (Å²) >= 11 is 0. The third kappa shape index (κ3) is 60.8. The molecular formula is C70H129NO5. The minimum Gasteiger partial charge on any atom is -0.466 e. The molecule has 1 amide bonds. The van der Waals surface area contributed by atoms with Crippen LogP contribution in [0.3, 0.4) is 0 Å². The predicted molar refractivity (Wildman–Crippen MR) is 333 cm³/mol. The van der Waals surface area contributed by atoms with Crippen LogP contribution in [0.25, 0.3) is 0 Å². The summed E-state index contributed by atoms with van der Waals surface area (Å²) < 4.78 is 5.46. The van der Waals surface area contributed by atoms with Crippen molar-refractivity contribution in [3.05, 3.63) is 60.8 Å². The number of ether oxygens (including phenoxy) is 1. The Labute approximate surface area is 473 Å². The lowest BCUT2D eigenvalue weighted by atomic mass is 10.0. The molecule has 0 aromatic rings. The Hall–Kier alpha value is -2.44. The normalized spacial score (nSPS) is 12.9. The summed E-state index contributed by atoms with van der Waals surface area (Å²) in [5.41, 5.74) is 0. The fourth-order valence-corrected chi connectivity index (χ4v) is 10.1. The molecule has 2 atom stereocenters. The second kappa shape index (κ2) is 65.1. The molecule has 6 heteroatoms. The quantitative estimate of drug-likeness (QED) is 0.0320. The highest BCUT2D eigenvalue weighted by Crippen LogP contribution is 2.17. The maximum absolute atomic E-state index is 12.5. The average Bonchev–Trinajstić information content (AvgIpc) is 3.42. The van der Waals surface area contributed by atoms with Gasteiger partial charge in [-0.2, -0.15) is 0 Å². The summed E-state index contributed by atoms with van der Waals surface area (Å²) in [5, 5.41) is 23.2. The third-order valence-corrected chi connectivity index (χ3v) is 15.2. The lowest BCUT2D eigenvalue weighted by Gasteiger charge is -2.20. The first-order valence-corrected chi connectivity index (χ1v) is 33.6. The Balaban J connectivity index is 3.48. The van der Waals surface area contributed by atoms with E-state index < -0.39 is 12.1 Å². The number of esters is 1. The zero-order valence-corrected chi connectivity index (χ0v) is 50.7. The van der Waals surface area contributed by atoms with Crippen molar-refractivity contribution in [2.45, 2.75) is 360 Å². The number of rotatable bonds is 62. The minimum atomic E-state index is -0.851. The number of allylic oxidation sites excluding steroid dienone is 9. The zero-order valence-electron chi connectivity index (χ0n) is 50.7. The SMILES string of the molecule is CCC/C=C\C/C=C\CCCCCCCC(=O)OCCCCCCCCCCC/C=C\C/C=C\CCCCCCCCCCCC(=O)NC(CO)C(O)/C=C/CCCCCCCCCCCCCCCCCCCCC. The van der Waals surface area contributed by atoms with Crippen LogP contribution in [0.1, 0.15) is 348 Å². The number of carbonyl (C=O) groups is 2. The molecule has 0 heterocycles. The number of hydrogen-bond acceptors (Lipinski definition) is 5. The van der Waals surface area contributed by atoms with Crippen molar-refractivity contribution in [2.24, 2.45) is 0 Å². The molecule has 0 aromatic heterocycles. The number of nitrogens with one attached hydrogen (secondary N) is 1. The van der Waals surface area contributed by atoms with E-state index in [2.05, 4.69) is 67.8 Å². The van der Waals surface area contributed by atoms with Crippen molar-refractivity contribution in [2.75, 3.05) is 13.2 Å². The highest BCUT2D eigenvalue weighted by atomic mass is 16.5. The molecule has 0 spiro atoms. The summed E-state index contributed by atoms with van der Waals surface area (Å²) in [5.74, 6) is -0.0793. The fraction of sp³-hybridized carbons (Fsp3) is 0.829. The van der Waals surface area contributed by atoms with Gasteiger partial charge in [0, 0.05) is 12.8 Å². The smallest absolute Gasteiger partial charge is 0.305 e. The van der Waals surface area contributed by atoms with Gasteiger partial charge in [0.05, 0.1) is 25.4 Å². The lowest BCUT2D eigenvalue weighted by Crippen LogP contribution is -2.45. The maximum atomic E-state index is 12.5. The van der Waals surface area contributed by atoms with E-state index in [-0.39, 0.29) is 18.5 Å². The van der Waals surface area contributed by atoms with Crippen LogP contribution in [0.5, 0.6) is 0 Å². The van der Waals surface area contributed by atoms with Gasteiger partial charge in [-0.3, -0.25) is 9.59 Å². The molecule has 0 radical (unpaired) electrons. The van der Waals surface area contributed by atoms with E-state index in [4.69, 9.17) is 4.74 Å². The second-order valence-electron chi connectivity index (χ2n) is 22.8. The van der Waals surface area contributed by atoms with E-state index in [1.807, 2.05) is 6.08 Å². The van der Waals surface area contributed by atoms with Crippen molar-refractivity contribution in [3.8, 4) is 0 Å². The van der Waals surface area contributed by atoms with Crippen LogP contribution < -0.4 is 5.32 Å². The molecular weight excluding hydrogens is 935 g/mol. The van der Waals surface area contributed by atoms with Crippen LogP contribution >= 0.6 is 0 Å². The molecule has 444 valence electrons. The summed E-state index contributed by atoms with van der Waals surface area (Å²) in [6, 6.07) is -0.635. The Kier molecular flexibility index (Phi) is 63.0. The van der Waals surface area contributed by atoms with Crippen LogP contribution in [-0.4, -0.2) is 47.4 Å². The van der Waals surface area contributed by atoms with Crippen molar-refractivity contribution in [1.82, 2.24) is 5.32 Å². The van der Waals surface area contributed by atoms with Crippen LogP contribution in [0.2, 0.25) is 0 Å². The largest absolute Gasteiger partial charge is 0.466 e. The molecule has 0 rings (SSSR count). The fourth-order valence-electron chi connectivity index (χ4n) is 10.1. The van der Waals surface area contributed by atoms with Crippen LogP contribution in [0.4, 0.5) is 0 Å². The van der Waals surface area contributed by atoms with Gasteiger partial charge in [-0.15, -0.1) is 0 Å². The Bertz CT molecular complexity index is 1320. The first-order valence-electron chi connectivity index (χ1n) is 33.6. The van der Waals surface area contributed by atoms with Crippen molar-refractivity contribution >= 4 is 11.9 Å². The van der Waals surface area contributed by atoms with E-state index in [0.29, 0.717) is 19.4 Å². The van der Waals surface area contributed by atoms with E-state index in [9.17, 15) is 19.8 Å². The standard InChI is InChI=1S/C70H129NO5/c1-3-5-7-9-11-13-15-17-18-19-20-26-29-32-35-39-42-46-50-54-58-62-68(73)67(66-72)71-69(74)63-59-55-51-47-43-40-36-33-30-27-24-22-21-23-25-28-31-34-37-41-45-49-53-57-61-65-76-70(75)64-60-56-52-48-44-38-16-14-12-10-8-6-4-2/h8,10,14,16,22-25,58,62,67-68,72-73H,3-7,9,11-13,15,17-21,26-57,59-61,63-66H2,1-2H3,(H,71,74)/b10-8-,16-14-,24-22-,25-23-,62-58+. The summed E-state index contributed by atoms with van der Waals surface area (Å²) in [7, 11) is 0. The molecule has 76 heavy (non-hydrogen) atoms. The Morgan fingerprint density at radius 2 is 0.684 bits per heavy atom. The van der Waals surface area contributed by atoms with Gasteiger partial charge >= 0.3 is 5.97 Å². The third-order valence-electron chi connectivity index (χ3n) is 15.2. The van der Waals surface area contributed by atoms with E-state index in [0.717, 1.165) is 57.8 Å². The number of hydrogen-bond donors (Lipinski definition) is 3. The van der Waals surface area contributed by atoms with E-state index in [1.54, 1.807) is 6.08 Å².